The molecule has 6 heteroatoms. The number of rotatable bonds is 4. The molecule has 0 bridgehead atoms. The predicted molar refractivity (Wildman–Crippen MR) is 86.0 cm³/mol. The molecule has 2 aromatic carbocycles. The number of carbonyl (C=O) groups is 2. The van der Waals surface area contributed by atoms with Gasteiger partial charge in [0.15, 0.2) is 0 Å². The SMILES string of the molecule is C[C@H](N)C(=O)O.C[C@H](Nc1cccc2ccccc12)C(=O)O. The lowest BCUT2D eigenvalue weighted by Gasteiger charge is -2.12. The van der Waals surface area contributed by atoms with Crippen molar-refractivity contribution in [3.05, 3.63) is 42.5 Å². The number of fused-ring (bicyclic) bond motifs is 1. The fourth-order valence-electron chi connectivity index (χ4n) is 1.65. The molecular weight excluding hydrogens is 284 g/mol. The van der Waals surface area contributed by atoms with Crippen LogP contribution in [-0.4, -0.2) is 34.2 Å². The number of hydrogen-bond acceptors (Lipinski definition) is 4. The summed E-state index contributed by atoms with van der Waals surface area (Å²) in [7, 11) is 0. The summed E-state index contributed by atoms with van der Waals surface area (Å²) in [5.74, 6) is -1.82. The number of benzene rings is 2. The van der Waals surface area contributed by atoms with Crippen molar-refractivity contribution in [3.63, 3.8) is 0 Å². The van der Waals surface area contributed by atoms with E-state index in [1.807, 2.05) is 42.5 Å². The van der Waals surface area contributed by atoms with Gasteiger partial charge in [0.25, 0.3) is 0 Å². The molecule has 0 aromatic heterocycles. The summed E-state index contributed by atoms with van der Waals surface area (Å²) in [6, 6.07) is 12.4. The van der Waals surface area contributed by atoms with Crippen LogP contribution in [0, 0.1) is 0 Å². The summed E-state index contributed by atoms with van der Waals surface area (Å²) in [6.07, 6.45) is 0. The van der Waals surface area contributed by atoms with E-state index in [-0.39, 0.29) is 0 Å². The Labute approximate surface area is 128 Å². The lowest BCUT2D eigenvalue weighted by molar-refractivity contribution is -0.138. The highest BCUT2D eigenvalue weighted by atomic mass is 16.4. The van der Waals surface area contributed by atoms with Gasteiger partial charge in [-0.1, -0.05) is 36.4 Å². The van der Waals surface area contributed by atoms with E-state index in [0.29, 0.717) is 0 Å². The van der Waals surface area contributed by atoms with Crippen molar-refractivity contribution < 1.29 is 19.8 Å². The van der Waals surface area contributed by atoms with Gasteiger partial charge in [-0.25, -0.2) is 0 Å². The molecule has 2 rings (SSSR count). The third kappa shape index (κ3) is 5.06. The lowest BCUT2D eigenvalue weighted by atomic mass is 10.1. The molecule has 0 aliphatic heterocycles. The lowest BCUT2D eigenvalue weighted by Crippen LogP contribution is -2.25. The normalized spacial score (nSPS) is 12.7. The summed E-state index contributed by atoms with van der Waals surface area (Å²) < 4.78 is 0. The van der Waals surface area contributed by atoms with Crippen LogP contribution < -0.4 is 11.1 Å². The van der Waals surface area contributed by atoms with E-state index in [1.165, 1.54) is 6.92 Å². The number of aliphatic carboxylic acids is 2. The predicted octanol–water partition coefficient (Wildman–Crippen LogP) is 2.14. The molecule has 0 aliphatic rings. The molecule has 0 radical (unpaired) electrons. The zero-order valence-corrected chi connectivity index (χ0v) is 12.5. The maximum atomic E-state index is 10.8. The van der Waals surface area contributed by atoms with E-state index < -0.39 is 24.0 Å². The minimum atomic E-state index is -0.963. The molecule has 0 saturated heterocycles. The fraction of sp³-hybridized carbons (Fsp3) is 0.250. The topological polar surface area (TPSA) is 113 Å². The van der Waals surface area contributed by atoms with Crippen molar-refractivity contribution >= 4 is 28.4 Å². The number of hydrogen-bond donors (Lipinski definition) is 4. The first-order valence-electron chi connectivity index (χ1n) is 6.78. The van der Waals surface area contributed by atoms with E-state index in [9.17, 15) is 9.59 Å². The number of nitrogens with two attached hydrogens (primary N) is 1. The van der Waals surface area contributed by atoms with Crippen LogP contribution in [0.2, 0.25) is 0 Å². The average Bonchev–Trinajstić information content (AvgIpc) is 2.48. The molecule has 2 aromatic rings. The molecular formula is C16H20N2O4. The van der Waals surface area contributed by atoms with E-state index in [2.05, 4.69) is 5.32 Å². The van der Waals surface area contributed by atoms with Crippen LogP contribution in [0.4, 0.5) is 5.69 Å². The van der Waals surface area contributed by atoms with Crippen LogP contribution in [-0.2, 0) is 9.59 Å². The third-order valence-corrected chi connectivity index (χ3v) is 2.92. The van der Waals surface area contributed by atoms with Crippen LogP contribution in [0.3, 0.4) is 0 Å². The van der Waals surface area contributed by atoms with Gasteiger partial charge in [-0.05, 0) is 25.3 Å². The fourth-order valence-corrected chi connectivity index (χ4v) is 1.65. The van der Waals surface area contributed by atoms with Crippen LogP contribution in [0.5, 0.6) is 0 Å². The highest BCUT2D eigenvalue weighted by molar-refractivity contribution is 5.95. The Hall–Kier alpha value is -2.60. The summed E-state index contributed by atoms with van der Waals surface area (Å²) >= 11 is 0. The van der Waals surface area contributed by atoms with Gasteiger partial charge < -0.3 is 21.3 Å². The monoisotopic (exact) mass is 304 g/mol. The Morgan fingerprint density at radius 2 is 1.55 bits per heavy atom. The molecule has 6 nitrogen and oxygen atoms in total. The number of anilines is 1. The van der Waals surface area contributed by atoms with Crippen molar-refractivity contribution in [2.24, 2.45) is 5.73 Å². The molecule has 0 saturated carbocycles. The number of carboxylic acids is 2. The molecule has 118 valence electrons. The van der Waals surface area contributed by atoms with Crippen LogP contribution >= 0.6 is 0 Å². The first kappa shape index (κ1) is 17.5. The third-order valence-electron chi connectivity index (χ3n) is 2.92. The zero-order chi connectivity index (χ0) is 16.7. The highest BCUT2D eigenvalue weighted by Crippen LogP contribution is 2.23. The van der Waals surface area contributed by atoms with E-state index >= 15 is 0 Å². The highest BCUT2D eigenvalue weighted by Gasteiger charge is 2.11. The number of carboxylic acid groups (broad SMARTS) is 2. The Morgan fingerprint density at radius 1 is 1.00 bits per heavy atom. The largest absolute Gasteiger partial charge is 0.480 e. The van der Waals surface area contributed by atoms with Crippen molar-refractivity contribution in [1.82, 2.24) is 0 Å². The molecule has 0 amide bonds. The van der Waals surface area contributed by atoms with Gasteiger partial charge in [0.05, 0.1) is 0 Å². The van der Waals surface area contributed by atoms with Gasteiger partial charge in [-0.15, -0.1) is 0 Å². The molecule has 5 N–H and O–H groups in total. The van der Waals surface area contributed by atoms with Gasteiger partial charge in [0.2, 0.25) is 0 Å². The molecule has 0 aliphatic carbocycles. The summed E-state index contributed by atoms with van der Waals surface area (Å²) in [4.78, 5) is 20.4. The maximum Gasteiger partial charge on any atom is 0.325 e. The van der Waals surface area contributed by atoms with Crippen LogP contribution in [0.15, 0.2) is 42.5 Å². The first-order chi connectivity index (χ1) is 10.3. The van der Waals surface area contributed by atoms with Gasteiger partial charge in [0.1, 0.15) is 12.1 Å². The Kier molecular flexibility index (Phi) is 6.34. The number of nitrogens with one attached hydrogen (secondary N) is 1. The van der Waals surface area contributed by atoms with Crippen LogP contribution in [0.25, 0.3) is 10.8 Å². The van der Waals surface area contributed by atoms with Crippen molar-refractivity contribution in [1.29, 1.82) is 0 Å². The van der Waals surface area contributed by atoms with Gasteiger partial charge in [-0.3, -0.25) is 9.59 Å². The summed E-state index contributed by atoms with van der Waals surface area (Å²) in [5.41, 5.74) is 5.69. The molecule has 22 heavy (non-hydrogen) atoms. The Bertz CT molecular complexity index is 650. The second-order valence-electron chi connectivity index (χ2n) is 4.86. The van der Waals surface area contributed by atoms with Crippen molar-refractivity contribution in [2.45, 2.75) is 25.9 Å². The molecule has 0 unspecified atom stereocenters. The summed E-state index contributed by atoms with van der Waals surface area (Å²) in [5, 5.41) is 21.8. The van der Waals surface area contributed by atoms with E-state index in [0.717, 1.165) is 16.5 Å². The van der Waals surface area contributed by atoms with Crippen molar-refractivity contribution in [2.75, 3.05) is 5.32 Å². The Balaban J connectivity index is 0.000000346. The van der Waals surface area contributed by atoms with Gasteiger partial charge >= 0.3 is 11.9 Å². The molecule has 0 heterocycles. The standard InChI is InChI=1S/C13H13NO2.C3H7NO2/c1-9(13(15)16)14-12-8-4-6-10-5-2-3-7-11(10)12;1-2(4)3(5)6/h2-9,14H,1H3,(H,15,16);2H,4H2,1H3,(H,5,6)/t9-;2-/m00/s1. The second-order valence-corrected chi connectivity index (χ2v) is 4.86. The average molecular weight is 304 g/mol. The van der Waals surface area contributed by atoms with Gasteiger partial charge in [0, 0.05) is 11.1 Å². The van der Waals surface area contributed by atoms with Gasteiger partial charge in [-0.2, -0.15) is 0 Å². The van der Waals surface area contributed by atoms with Crippen LogP contribution in [0.1, 0.15) is 13.8 Å². The van der Waals surface area contributed by atoms with E-state index in [4.69, 9.17) is 15.9 Å². The first-order valence-corrected chi connectivity index (χ1v) is 6.78. The van der Waals surface area contributed by atoms with Crippen molar-refractivity contribution in [3.8, 4) is 0 Å². The minimum Gasteiger partial charge on any atom is -0.480 e. The smallest absolute Gasteiger partial charge is 0.325 e. The Morgan fingerprint density at radius 3 is 2.09 bits per heavy atom. The van der Waals surface area contributed by atoms with E-state index in [1.54, 1.807) is 6.92 Å². The summed E-state index contributed by atoms with van der Waals surface area (Å²) in [6.45, 7) is 3.05. The quantitative estimate of drug-likeness (QED) is 0.688. The molecule has 2 atom stereocenters. The maximum absolute atomic E-state index is 10.8. The molecule has 0 spiro atoms. The second kappa shape index (κ2) is 7.99. The minimum absolute atomic E-state index is 0.592. The zero-order valence-electron chi connectivity index (χ0n) is 12.5. The molecule has 0 fully saturated rings.